The number of nitrogens with two attached hydrogens (primary N) is 1. The van der Waals surface area contributed by atoms with Gasteiger partial charge in [0.25, 0.3) is 0 Å². The van der Waals surface area contributed by atoms with Crippen molar-refractivity contribution in [2.45, 2.75) is 16.2 Å². The molecule has 0 aliphatic heterocycles. The Balaban J connectivity index is 2.24. The van der Waals surface area contributed by atoms with Crippen LogP contribution in [0, 0.1) is 6.92 Å². The minimum absolute atomic E-state index is 0.750. The maximum atomic E-state index is 5.66. The van der Waals surface area contributed by atoms with E-state index in [0.29, 0.717) is 0 Å². The maximum absolute atomic E-state index is 5.66. The van der Waals surface area contributed by atoms with E-state index in [2.05, 4.69) is 26.1 Å². The Bertz CT molecular complexity index is 484. The van der Waals surface area contributed by atoms with Gasteiger partial charge in [-0.3, -0.25) is 0 Å². The van der Waals surface area contributed by atoms with Gasteiger partial charge in [-0.15, -0.1) is 10.2 Å². The smallest absolute Gasteiger partial charge is 0.179 e. The van der Waals surface area contributed by atoms with Gasteiger partial charge in [-0.25, -0.2) is 0 Å². The Labute approximate surface area is 104 Å². The number of aromatic nitrogens is 2. The second-order valence-electron chi connectivity index (χ2n) is 2.88. The summed E-state index contributed by atoms with van der Waals surface area (Å²) in [6, 6.07) is 5.73. The summed E-state index contributed by atoms with van der Waals surface area (Å²) in [5.74, 6) is 0. The van der Waals surface area contributed by atoms with Crippen molar-refractivity contribution in [3.05, 3.63) is 27.7 Å². The molecule has 0 saturated carbocycles. The van der Waals surface area contributed by atoms with Crippen LogP contribution in [-0.2, 0) is 0 Å². The van der Waals surface area contributed by atoms with Gasteiger partial charge in [0.1, 0.15) is 5.01 Å². The summed E-state index contributed by atoms with van der Waals surface area (Å²) in [7, 11) is 0. The highest BCUT2D eigenvalue weighted by Gasteiger charge is 2.06. The summed E-state index contributed by atoms with van der Waals surface area (Å²) in [6.07, 6.45) is 0. The van der Waals surface area contributed by atoms with E-state index >= 15 is 0 Å². The van der Waals surface area contributed by atoms with E-state index in [1.54, 1.807) is 23.1 Å². The van der Waals surface area contributed by atoms with Gasteiger partial charge < -0.3 is 5.73 Å². The summed E-state index contributed by atoms with van der Waals surface area (Å²) in [5, 5.41) is 9.00. The first kappa shape index (κ1) is 10.9. The molecule has 1 heterocycles. The molecule has 0 atom stereocenters. The lowest BCUT2D eigenvalue weighted by atomic mass is 10.3. The first-order valence-corrected chi connectivity index (χ1v) is 6.61. The highest BCUT2D eigenvalue weighted by molar-refractivity contribution is 9.10. The lowest BCUT2D eigenvalue weighted by Crippen LogP contribution is -1.84. The molecule has 0 spiro atoms. The van der Waals surface area contributed by atoms with Crippen molar-refractivity contribution in [2.75, 3.05) is 5.73 Å². The predicted molar refractivity (Wildman–Crippen MR) is 67.3 cm³/mol. The fraction of sp³-hybridized carbons (Fsp3) is 0.111. The van der Waals surface area contributed by atoms with Gasteiger partial charge in [0.15, 0.2) is 4.34 Å². The molecule has 2 rings (SSSR count). The summed E-state index contributed by atoms with van der Waals surface area (Å²) < 4.78 is 1.93. The molecular weight excluding hydrogens is 294 g/mol. The molecule has 3 nitrogen and oxygen atoms in total. The molecule has 15 heavy (non-hydrogen) atoms. The van der Waals surface area contributed by atoms with Gasteiger partial charge in [0.05, 0.1) is 0 Å². The van der Waals surface area contributed by atoms with Crippen LogP contribution >= 0.6 is 39.0 Å². The average molecular weight is 302 g/mol. The standard InChI is InChI=1S/C9H8BrN3S2/c1-5-12-13-9(14-5)15-8-3-2-6(11)4-7(8)10/h2-4H,11H2,1H3. The lowest BCUT2D eigenvalue weighted by molar-refractivity contribution is 0.983. The van der Waals surface area contributed by atoms with E-state index in [1.807, 2.05) is 25.1 Å². The zero-order valence-corrected chi connectivity index (χ0v) is 11.1. The number of benzene rings is 1. The van der Waals surface area contributed by atoms with E-state index in [9.17, 15) is 0 Å². The summed E-state index contributed by atoms with van der Waals surface area (Å²) in [5.41, 5.74) is 6.41. The molecule has 0 amide bonds. The second-order valence-corrected chi connectivity index (χ2v) is 6.20. The maximum Gasteiger partial charge on any atom is 0.179 e. The van der Waals surface area contributed by atoms with Gasteiger partial charge >= 0.3 is 0 Å². The number of anilines is 1. The van der Waals surface area contributed by atoms with Crippen LogP contribution in [0.25, 0.3) is 0 Å². The SMILES string of the molecule is Cc1nnc(Sc2ccc(N)cc2Br)s1. The number of aryl methyl sites for hydroxylation is 1. The summed E-state index contributed by atoms with van der Waals surface area (Å²) >= 11 is 6.64. The second kappa shape index (κ2) is 4.51. The highest BCUT2D eigenvalue weighted by Crippen LogP contribution is 2.35. The van der Waals surface area contributed by atoms with E-state index < -0.39 is 0 Å². The molecular formula is C9H8BrN3S2. The zero-order chi connectivity index (χ0) is 10.8. The molecule has 0 fully saturated rings. The van der Waals surface area contributed by atoms with Gasteiger partial charge in [-0.05, 0) is 41.1 Å². The quantitative estimate of drug-likeness (QED) is 0.864. The van der Waals surface area contributed by atoms with Crippen molar-refractivity contribution >= 4 is 44.7 Å². The number of nitrogen functional groups attached to an aromatic ring is 1. The Hall–Kier alpha value is -0.590. The Kier molecular flexibility index (Phi) is 3.28. The van der Waals surface area contributed by atoms with Crippen LogP contribution in [0.2, 0.25) is 0 Å². The van der Waals surface area contributed by atoms with Crippen molar-refractivity contribution in [3.63, 3.8) is 0 Å². The van der Waals surface area contributed by atoms with Crippen LogP contribution in [0.3, 0.4) is 0 Å². The van der Waals surface area contributed by atoms with Crippen molar-refractivity contribution in [1.29, 1.82) is 0 Å². The van der Waals surface area contributed by atoms with E-state index in [4.69, 9.17) is 5.73 Å². The molecule has 0 saturated heterocycles. The van der Waals surface area contributed by atoms with Crippen LogP contribution in [0.15, 0.2) is 31.9 Å². The molecule has 2 aromatic rings. The third-order valence-electron chi connectivity index (χ3n) is 1.66. The molecule has 1 aromatic heterocycles. The number of rotatable bonds is 2. The third-order valence-corrected chi connectivity index (χ3v) is 4.54. The fourth-order valence-electron chi connectivity index (χ4n) is 1.01. The number of halogens is 1. The van der Waals surface area contributed by atoms with Crippen molar-refractivity contribution in [1.82, 2.24) is 10.2 Å². The van der Waals surface area contributed by atoms with Gasteiger partial charge in [0.2, 0.25) is 0 Å². The van der Waals surface area contributed by atoms with Crippen LogP contribution in [-0.4, -0.2) is 10.2 Å². The predicted octanol–water partition coefficient (Wildman–Crippen LogP) is 3.34. The number of hydrogen-bond donors (Lipinski definition) is 1. The Morgan fingerprint density at radius 1 is 1.40 bits per heavy atom. The molecule has 0 aliphatic rings. The minimum Gasteiger partial charge on any atom is -0.399 e. The number of nitrogens with zero attached hydrogens (tertiary/aromatic N) is 2. The molecule has 6 heteroatoms. The molecule has 0 radical (unpaired) electrons. The van der Waals surface area contributed by atoms with Crippen LogP contribution in [0.5, 0.6) is 0 Å². The Morgan fingerprint density at radius 3 is 2.80 bits per heavy atom. The molecule has 78 valence electrons. The van der Waals surface area contributed by atoms with Crippen molar-refractivity contribution < 1.29 is 0 Å². The molecule has 0 aliphatic carbocycles. The topological polar surface area (TPSA) is 51.8 Å². The molecule has 0 bridgehead atoms. The normalized spacial score (nSPS) is 10.5. The largest absolute Gasteiger partial charge is 0.399 e. The number of hydrogen-bond acceptors (Lipinski definition) is 5. The Morgan fingerprint density at radius 2 is 2.20 bits per heavy atom. The van der Waals surface area contributed by atoms with E-state index in [1.165, 1.54) is 0 Å². The monoisotopic (exact) mass is 301 g/mol. The summed E-state index contributed by atoms with van der Waals surface area (Å²) in [4.78, 5) is 1.10. The fourth-order valence-corrected chi connectivity index (χ4v) is 3.43. The highest BCUT2D eigenvalue weighted by atomic mass is 79.9. The van der Waals surface area contributed by atoms with Crippen LogP contribution in [0.4, 0.5) is 5.69 Å². The molecule has 2 N–H and O–H groups in total. The lowest BCUT2D eigenvalue weighted by Gasteiger charge is -2.01. The van der Waals surface area contributed by atoms with Crippen LogP contribution < -0.4 is 5.73 Å². The van der Waals surface area contributed by atoms with E-state index in [0.717, 1.165) is 24.4 Å². The van der Waals surface area contributed by atoms with Gasteiger partial charge in [-0.1, -0.05) is 23.1 Å². The first-order valence-electron chi connectivity index (χ1n) is 4.18. The molecule has 1 aromatic carbocycles. The minimum atomic E-state index is 0.750. The average Bonchev–Trinajstić information content (AvgIpc) is 2.56. The van der Waals surface area contributed by atoms with Gasteiger partial charge in [0, 0.05) is 15.1 Å². The van der Waals surface area contributed by atoms with Gasteiger partial charge in [-0.2, -0.15) is 0 Å². The molecule has 0 unspecified atom stereocenters. The zero-order valence-electron chi connectivity index (χ0n) is 7.90. The third kappa shape index (κ3) is 2.70. The van der Waals surface area contributed by atoms with Crippen molar-refractivity contribution in [3.8, 4) is 0 Å². The van der Waals surface area contributed by atoms with Crippen LogP contribution in [0.1, 0.15) is 5.01 Å². The van der Waals surface area contributed by atoms with Crippen molar-refractivity contribution in [2.24, 2.45) is 0 Å². The van der Waals surface area contributed by atoms with E-state index in [-0.39, 0.29) is 0 Å². The first-order chi connectivity index (χ1) is 7.15. The summed E-state index contributed by atoms with van der Waals surface area (Å²) in [6.45, 7) is 1.94.